The summed E-state index contributed by atoms with van der Waals surface area (Å²) in [6, 6.07) is 0. The Hall–Kier alpha value is -0.850. The largest absolute Gasteiger partial charge is 0.300 e. The first-order valence-electron chi connectivity index (χ1n) is 4.06. The van der Waals surface area contributed by atoms with Crippen molar-refractivity contribution in [3.63, 3.8) is 0 Å². The van der Waals surface area contributed by atoms with Crippen LogP contribution >= 0.6 is 0 Å². The maximum atomic E-state index is 11.0. The predicted molar refractivity (Wildman–Crippen MR) is 46.3 cm³/mol. The van der Waals surface area contributed by atoms with Gasteiger partial charge in [0.1, 0.15) is 5.78 Å². The minimum absolute atomic E-state index is 0.257. The highest BCUT2D eigenvalue weighted by Crippen LogP contribution is 2.24. The molecule has 0 saturated heterocycles. The van der Waals surface area contributed by atoms with Crippen molar-refractivity contribution >= 4 is 5.78 Å². The average Bonchev–Trinajstić information content (AvgIpc) is 2.05. The Morgan fingerprint density at radius 3 is 3.09 bits per heavy atom. The van der Waals surface area contributed by atoms with E-state index < -0.39 is 0 Å². The van der Waals surface area contributed by atoms with Crippen LogP contribution in [-0.4, -0.2) is 5.78 Å². The summed E-state index contributed by atoms with van der Waals surface area (Å²) in [4.78, 5) is 11.0. The van der Waals surface area contributed by atoms with Crippen LogP contribution in [0.25, 0.3) is 0 Å². The number of ketones is 1. The molecule has 0 aliphatic heterocycles. The molecular weight excluding hydrogens is 136 g/mol. The van der Waals surface area contributed by atoms with Gasteiger partial charge in [0, 0.05) is 5.92 Å². The van der Waals surface area contributed by atoms with Crippen molar-refractivity contribution < 1.29 is 4.79 Å². The summed E-state index contributed by atoms with van der Waals surface area (Å²) >= 11 is 0. The molecule has 1 atom stereocenters. The van der Waals surface area contributed by atoms with Gasteiger partial charge in [-0.15, -0.1) is 0 Å². The molecule has 1 unspecified atom stereocenters. The number of hydrogen-bond donors (Lipinski definition) is 0. The van der Waals surface area contributed by atoms with Gasteiger partial charge in [-0.3, -0.25) is 4.79 Å². The number of carbonyl (C=O) groups excluding carboxylic acids is 1. The fourth-order valence-electron chi connectivity index (χ4n) is 1.45. The van der Waals surface area contributed by atoms with Crippen LogP contribution in [0.2, 0.25) is 0 Å². The minimum atomic E-state index is 0.257. The van der Waals surface area contributed by atoms with Gasteiger partial charge in [0.15, 0.2) is 0 Å². The zero-order valence-electron chi connectivity index (χ0n) is 6.97. The number of hydrogen-bond acceptors (Lipinski definition) is 1. The second-order valence-corrected chi connectivity index (χ2v) is 3.07. The molecule has 11 heavy (non-hydrogen) atoms. The molecule has 0 aromatic carbocycles. The van der Waals surface area contributed by atoms with E-state index in [0.717, 1.165) is 19.3 Å². The average molecular weight is 150 g/mol. The maximum Gasteiger partial charge on any atom is 0.133 e. The van der Waals surface area contributed by atoms with Gasteiger partial charge < -0.3 is 0 Å². The molecule has 0 aromatic heterocycles. The van der Waals surface area contributed by atoms with E-state index in [1.165, 1.54) is 5.57 Å². The van der Waals surface area contributed by atoms with Crippen LogP contribution in [0.1, 0.15) is 26.2 Å². The summed E-state index contributed by atoms with van der Waals surface area (Å²) in [5.41, 5.74) is 1.23. The fourth-order valence-corrected chi connectivity index (χ4v) is 1.45. The lowest BCUT2D eigenvalue weighted by Crippen LogP contribution is -2.13. The highest BCUT2D eigenvalue weighted by atomic mass is 16.1. The highest BCUT2D eigenvalue weighted by molar-refractivity contribution is 5.78. The Morgan fingerprint density at radius 2 is 2.55 bits per heavy atom. The molecule has 0 heterocycles. The third kappa shape index (κ3) is 2.04. The maximum absolute atomic E-state index is 11.0. The molecule has 0 saturated carbocycles. The SMILES string of the molecule is C=CC1=CCCC(C(C)=O)C1. The van der Waals surface area contributed by atoms with Gasteiger partial charge in [0.2, 0.25) is 0 Å². The smallest absolute Gasteiger partial charge is 0.133 e. The first kappa shape index (κ1) is 8.25. The fraction of sp³-hybridized carbons (Fsp3) is 0.500. The molecule has 0 N–H and O–H groups in total. The Labute approximate surface area is 67.8 Å². The van der Waals surface area contributed by atoms with Gasteiger partial charge in [-0.25, -0.2) is 0 Å². The second-order valence-electron chi connectivity index (χ2n) is 3.07. The summed E-state index contributed by atoms with van der Waals surface area (Å²) in [6.07, 6.45) is 6.98. The lowest BCUT2D eigenvalue weighted by atomic mass is 9.86. The van der Waals surface area contributed by atoms with Crippen LogP contribution < -0.4 is 0 Å². The number of rotatable bonds is 2. The molecule has 60 valence electrons. The summed E-state index contributed by atoms with van der Waals surface area (Å²) in [7, 11) is 0. The van der Waals surface area contributed by atoms with Gasteiger partial charge in [-0.05, 0) is 26.2 Å². The Bertz CT molecular complexity index is 201. The highest BCUT2D eigenvalue weighted by Gasteiger charge is 2.17. The molecule has 1 aliphatic rings. The normalized spacial score (nSPS) is 24.1. The third-order valence-electron chi connectivity index (χ3n) is 2.24. The van der Waals surface area contributed by atoms with Crippen molar-refractivity contribution in [2.24, 2.45) is 5.92 Å². The summed E-state index contributed by atoms with van der Waals surface area (Å²) < 4.78 is 0. The molecule has 0 spiro atoms. The summed E-state index contributed by atoms with van der Waals surface area (Å²) in [6.45, 7) is 5.38. The van der Waals surface area contributed by atoms with E-state index in [4.69, 9.17) is 0 Å². The van der Waals surface area contributed by atoms with Crippen molar-refractivity contribution in [2.45, 2.75) is 26.2 Å². The Kier molecular flexibility index (Phi) is 2.64. The first-order valence-corrected chi connectivity index (χ1v) is 4.06. The quantitative estimate of drug-likeness (QED) is 0.591. The van der Waals surface area contributed by atoms with Crippen molar-refractivity contribution in [1.82, 2.24) is 0 Å². The summed E-state index contributed by atoms with van der Waals surface area (Å²) in [5.74, 6) is 0.574. The molecular formula is C10H14O. The topological polar surface area (TPSA) is 17.1 Å². The van der Waals surface area contributed by atoms with E-state index in [9.17, 15) is 4.79 Å². The van der Waals surface area contributed by atoms with E-state index in [2.05, 4.69) is 12.7 Å². The molecule has 1 rings (SSSR count). The Morgan fingerprint density at radius 1 is 1.82 bits per heavy atom. The van der Waals surface area contributed by atoms with Crippen LogP contribution in [-0.2, 0) is 4.79 Å². The van der Waals surface area contributed by atoms with Crippen LogP contribution in [0.3, 0.4) is 0 Å². The van der Waals surface area contributed by atoms with Crippen LogP contribution in [0.4, 0.5) is 0 Å². The Balaban J connectivity index is 2.59. The molecule has 1 aliphatic carbocycles. The predicted octanol–water partition coefficient (Wildman–Crippen LogP) is 2.49. The van der Waals surface area contributed by atoms with Gasteiger partial charge in [-0.1, -0.05) is 24.3 Å². The molecule has 0 aromatic rings. The first-order chi connectivity index (χ1) is 5.24. The van der Waals surface area contributed by atoms with Crippen molar-refractivity contribution in [3.05, 3.63) is 24.3 Å². The zero-order valence-corrected chi connectivity index (χ0v) is 6.97. The van der Waals surface area contributed by atoms with Gasteiger partial charge >= 0.3 is 0 Å². The van der Waals surface area contributed by atoms with E-state index >= 15 is 0 Å². The van der Waals surface area contributed by atoms with Crippen molar-refractivity contribution in [3.8, 4) is 0 Å². The minimum Gasteiger partial charge on any atom is -0.300 e. The molecule has 0 bridgehead atoms. The number of Topliss-reactive ketones (excluding diaryl/α,β-unsaturated/α-hetero) is 1. The standard InChI is InChI=1S/C10H14O/c1-3-9-5-4-6-10(7-9)8(2)11/h3,5,10H,1,4,6-7H2,2H3. The summed E-state index contributed by atoms with van der Waals surface area (Å²) in [5, 5.41) is 0. The van der Waals surface area contributed by atoms with E-state index in [0.29, 0.717) is 5.78 Å². The van der Waals surface area contributed by atoms with Gasteiger partial charge in [-0.2, -0.15) is 0 Å². The monoisotopic (exact) mass is 150 g/mol. The second kappa shape index (κ2) is 3.51. The molecule has 1 heteroatoms. The molecule has 0 fully saturated rings. The van der Waals surface area contributed by atoms with Gasteiger partial charge in [0.25, 0.3) is 0 Å². The van der Waals surface area contributed by atoms with E-state index in [-0.39, 0.29) is 5.92 Å². The van der Waals surface area contributed by atoms with Crippen LogP contribution in [0, 0.1) is 5.92 Å². The zero-order chi connectivity index (χ0) is 8.27. The van der Waals surface area contributed by atoms with Crippen molar-refractivity contribution in [2.75, 3.05) is 0 Å². The number of allylic oxidation sites excluding steroid dienone is 3. The number of carbonyl (C=O) groups is 1. The lowest BCUT2D eigenvalue weighted by molar-refractivity contribution is -0.120. The van der Waals surface area contributed by atoms with Gasteiger partial charge in [0.05, 0.1) is 0 Å². The van der Waals surface area contributed by atoms with Crippen LogP contribution in [0.5, 0.6) is 0 Å². The molecule has 0 radical (unpaired) electrons. The molecule has 1 nitrogen and oxygen atoms in total. The third-order valence-corrected chi connectivity index (χ3v) is 2.24. The lowest BCUT2D eigenvalue weighted by Gasteiger charge is -2.17. The van der Waals surface area contributed by atoms with E-state index in [1.54, 1.807) is 6.92 Å². The van der Waals surface area contributed by atoms with Crippen molar-refractivity contribution in [1.29, 1.82) is 0 Å². The molecule has 0 amide bonds. The van der Waals surface area contributed by atoms with Crippen LogP contribution in [0.15, 0.2) is 24.3 Å². The van der Waals surface area contributed by atoms with E-state index in [1.807, 2.05) is 6.08 Å².